The third kappa shape index (κ3) is 4.13. The molecule has 0 bridgehead atoms. The number of aromatic nitrogens is 1. The van der Waals surface area contributed by atoms with Crippen molar-refractivity contribution in [3.63, 3.8) is 0 Å². The van der Waals surface area contributed by atoms with Gasteiger partial charge in [-0.1, -0.05) is 18.2 Å². The molecule has 0 radical (unpaired) electrons. The van der Waals surface area contributed by atoms with Gasteiger partial charge in [-0.15, -0.1) is 0 Å². The molecule has 0 saturated heterocycles. The van der Waals surface area contributed by atoms with Crippen molar-refractivity contribution in [2.45, 2.75) is 13.0 Å². The summed E-state index contributed by atoms with van der Waals surface area (Å²) in [5.41, 5.74) is 2.14. The first kappa shape index (κ1) is 14.1. The van der Waals surface area contributed by atoms with Crippen LogP contribution in [0.15, 0.2) is 48.7 Å². The minimum atomic E-state index is -0.364. The molecular formula is C15H17N3O2. The highest BCUT2D eigenvalue weighted by Crippen LogP contribution is 2.14. The first-order valence-electron chi connectivity index (χ1n) is 6.47. The van der Waals surface area contributed by atoms with E-state index in [0.717, 1.165) is 24.2 Å². The summed E-state index contributed by atoms with van der Waals surface area (Å²) in [5.74, 6) is 0. The van der Waals surface area contributed by atoms with Crippen LogP contribution in [0.4, 0.5) is 5.69 Å². The summed E-state index contributed by atoms with van der Waals surface area (Å²) >= 11 is 0. The first-order valence-corrected chi connectivity index (χ1v) is 6.47. The van der Waals surface area contributed by atoms with E-state index in [1.54, 1.807) is 18.3 Å². The average molecular weight is 271 g/mol. The number of nitro benzene ring substituents is 1. The van der Waals surface area contributed by atoms with Gasteiger partial charge in [0.25, 0.3) is 5.69 Å². The molecule has 0 spiro atoms. The molecule has 5 heteroatoms. The predicted octanol–water partition coefficient (Wildman–Crippen LogP) is 2.66. The summed E-state index contributed by atoms with van der Waals surface area (Å²) in [4.78, 5) is 16.8. The molecule has 0 saturated carbocycles. The van der Waals surface area contributed by atoms with E-state index in [0.29, 0.717) is 6.54 Å². The predicted molar refractivity (Wildman–Crippen MR) is 77.4 cm³/mol. The Labute approximate surface area is 118 Å². The number of pyridine rings is 1. The van der Waals surface area contributed by atoms with Gasteiger partial charge < -0.3 is 4.90 Å². The molecule has 1 heterocycles. The molecule has 0 aliphatic heterocycles. The number of non-ortho nitro benzene ring substituents is 1. The zero-order chi connectivity index (χ0) is 14.4. The van der Waals surface area contributed by atoms with Gasteiger partial charge in [0.2, 0.25) is 0 Å². The van der Waals surface area contributed by atoms with Crippen LogP contribution in [0.3, 0.4) is 0 Å². The lowest BCUT2D eigenvalue weighted by Crippen LogP contribution is -2.21. The number of hydrogen-bond acceptors (Lipinski definition) is 4. The second-order valence-electron chi connectivity index (χ2n) is 4.74. The van der Waals surface area contributed by atoms with Crippen LogP contribution in [0, 0.1) is 10.1 Å². The van der Waals surface area contributed by atoms with E-state index >= 15 is 0 Å². The van der Waals surface area contributed by atoms with Crippen LogP contribution in [-0.2, 0) is 13.0 Å². The molecule has 0 fully saturated rings. The summed E-state index contributed by atoms with van der Waals surface area (Å²) < 4.78 is 0. The average Bonchev–Trinajstić information content (AvgIpc) is 2.46. The Kier molecular flexibility index (Phi) is 4.79. The monoisotopic (exact) mass is 271 g/mol. The smallest absolute Gasteiger partial charge is 0.269 e. The fourth-order valence-corrected chi connectivity index (χ4v) is 2.01. The minimum Gasteiger partial charge on any atom is -0.302 e. The maximum atomic E-state index is 10.7. The second kappa shape index (κ2) is 6.77. The molecule has 0 amide bonds. The topological polar surface area (TPSA) is 59.3 Å². The standard InChI is InChI=1S/C15H17N3O2/c1-17(10-8-14-6-2-3-9-16-14)12-13-5-4-7-15(11-13)18(19)20/h2-7,9,11H,8,10,12H2,1H3. The van der Waals surface area contributed by atoms with Crippen molar-refractivity contribution in [2.75, 3.05) is 13.6 Å². The lowest BCUT2D eigenvalue weighted by atomic mass is 10.2. The maximum absolute atomic E-state index is 10.7. The van der Waals surface area contributed by atoms with E-state index in [4.69, 9.17) is 0 Å². The van der Waals surface area contributed by atoms with E-state index in [1.807, 2.05) is 31.3 Å². The minimum absolute atomic E-state index is 0.139. The fourth-order valence-electron chi connectivity index (χ4n) is 2.01. The lowest BCUT2D eigenvalue weighted by Gasteiger charge is -2.16. The van der Waals surface area contributed by atoms with Crippen LogP contribution >= 0.6 is 0 Å². The highest BCUT2D eigenvalue weighted by atomic mass is 16.6. The van der Waals surface area contributed by atoms with Crippen LogP contribution in [0.1, 0.15) is 11.3 Å². The van der Waals surface area contributed by atoms with Gasteiger partial charge in [0, 0.05) is 43.5 Å². The number of nitrogens with zero attached hydrogens (tertiary/aromatic N) is 3. The van der Waals surface area contributed by atoms with Crippen LogP contribution in [0.2, 0.25) is 0 Å². The molecule has 104 valence electrons. The van der Waals surface area contributed by atoms with Gasteiger partial charge in [0.15, 0.2) is 0 Å². The van der Waals surface area contributed by atoms with E-state index in [2.05, 4.69) is 9.88 Å². The maximum Gasteiger partial charge on any atom is 0.269 e. The van der Waals surface area contributed by atoms with Gasteiger partial charge in [-0.05, 0) is 24.7 Å². The van der Waals surface area contributed by atoms with E-state index in [-0.39, 0.29) is 10.6 Å². The normalized spacial score (nSPS) is 10.7. The van der Waals surface area contributed by atoms with Crippen molar-refractivity contribution < 1.29 is 4.92 Å². The summed E-state index contributed by atoms with van der Waals surface area (Å²) in [7, 11) is 2.00. The van der Waals surface area contributed by atoms with Gasteiger partial charge >= 0.3 is 0 Å². The fraction of sp³-hybridized carbons (Fsp3) is 0.267. The van der Waals surface area contributed by atoms with Gasteiger partial charge in [-0.25, -0.2) is 0 Å². The first-order chi connectivity index (χ1) is 9.65. The van der Waals surface area contributed by atoms with Crippen molar-refractivity contribution in [1.82, 2.24) is 9.88 Å². The second-order valence-corrected chi connectivity index (χ2v) is 4.74. The third-order valence-corrected chi connectivity index (χ3v) is 3.05. The zero-order valence-electron chi connectivity index (χ0n) is 11.4. The number of likely N-dealkylation sites (N-methyl/N-ethyl adjacent to an activating group) is 1. The summed E-state index contributed by atoms with van der Waals surface area (Å²) in [6, 6.07) is 12.6. The molecule has 0 aliphatic rings. The molecule has 20 heavy (non-hydrogen) atoms. The molecule has 0 N–H and O–H groups in total. The highest BCUT2D eigenvalue weighted by molar-refractivity contribution is 5.34. The highest BCUT2D eigenvalue weighted by Gasteiger charge is 2.07. The molecule has 2 aromatic rings. The Morgan fingerprint density at radius 1 is 1.25 bits per heavy atom. The van der Waals surface area contributed by atoms with Gasteiger partial charge in [0.1, 0.15) is 0 Å². The molecule has 5 nitrogen and oxygen atoms in total. The van der Waals surface area contributed by atoms with Gasteiger partial charge in [-0.3, -0.25) is 15.1 Å². The number of hydrogen-bond donors (Lipinski definition) is 0. The number of benzene rings is 1. The molecule has 1 aromatic carbocycles. The third-order valence-electron chi connectivity index (χ3n) is 3.05. The number of nitro groups is 1. The summed E-state index contributed by atoms with van der Waals surface area (Å²) in [6.45, 7) is 1.55. The van der Waals surface area contributed by atoms with Crippen molar-refractivity contribution >= 4 is 5.69 Å². The van der Waals surface area contributed by atoms with Crippen molar-refractivity contribution in [2.24, 2.45) is 0 Å². The van der Waals surface area contributed by atoms with E-state index in [1.165, 1.54) is 6.07 Å². The largest absolute Gasteiger partial charge is 0.302 e. The van der Waals surface area contributed by atoms with E-state index in [9.17, 15) is 10.1 Å². The quantitative estimate of drug-likeness (QED) is 0.598. The Morgan fingerprint density at radius 2 is 2.10 bits per heavy atom. The number of rotatable bonds is 6. The van der Waals surface area contributed by atoms with Crippen LogP contribution < -0.4 is 0 Å². The Morgan fingerprint density at radius 3 is 2.80 bits per heavy atom. The van der Waals surface area contributed by atoms with Crippen LogP contribution in [0.5, 0.6) is 0 Å². The lowest BCUT2D eigenvalue weighted by molar-refractivity contribution is -0.384. The van der Waals surface area contributed by atoms with Crippen LogP contribution in [-0.4, -0.2) is 28.4 Å². The van der Waals surface area contributed by atoms with Crippen molar-refractivity contribution in [3.8, 4) is 0 Å². The Hall–Kier alpha value is -2.27. The van der Waals surface area contributed by atoms with E-state index < -0.39 is 0 Å². The molecule has 1 aromatic heterocycles. The van der Waals surface area contributed by atoms with Crippen molar-refractivity contribution in [1.29, 1.82) is 0 Å². The Balaban J connectivity index is 1.89. The molecular weight excluding hydrogens is 254 g/mol. The summed E-state index contributed by atoms with van der Waals surface area (Å²) in [5, 5.41) is 10.7. The van der Waals surface area contributed by atoms with Gasteiger partial charge in [-0.2, -0.15) is 0 Å². The zero-order valence-corrected chi connectivity index (χ0v) is 11.4. The SMILES string of the molecule is CN(CCc1ccccn1)Cc1cccc([N+](=O)[O-])c1. The Bertz CT molecular complexity index is 572. The summed E-state index contributed by atoms with van der Waals surface area (Å²) in [6.07, 6.45) is 2.65. The molecule has 0 unspecified atom stereocenters. The van der Waals surface area contributed by atoms with Crippen molar-refractivity contribution in [3.05, 3.63) is 70.0 Å². The molecule has 0 atom stereocenters. The molecule has 0 aliphatic carbocycles. The van der Waals surface area contributed by atoms with Crippen LogP contribution in [0.25, 0.3) is 0 Å². The van der Waals surface area contributed by atoms with Gasteiger partial charge in [0.05, 0.1) is 4.92 Å². The molecule has 2 rings (SSSR count).